The monoisotopic (exact) mass is 406 g/mol. The summed E-state index contributed by atoms with van der Waals surface area (Å²) in [5.74, 6) is -1.23. The van der Waals surface area contributed by atoms with Gasteiger partial charge in [0.2, 0.25) is 11.8 Å². The highest BCUT2D eigenvalue weighted by atomic mass is 16.5. The lowest BCUT2D eigenvalue weighted by atomic mass is 10.1. The van der Waals surface area contributed by atoms with Gasteiger partial charge >= 0.3 is 0 Å². The number of anilines is 1. The zero-order valence-corrected chi connectivity index (χ0v) is 16.4. The van der Waals surface area contributed by atoms with Crippen molar-refractivity contribution in [2.24, 2.45) is 0 Å². The van der Waals surface area contributed by atoms with Crippen LogP contribution in [0.25, 0.3) is 0 Å². The van der Waals surface area contributed by atoms with Crippen LogP contribution in [0, 0.1) is 0 Å². The number of hydrogen-bond acceptors (Lipinski definition) is 7. The Kier molecular flexibility index (Phi) is 11.6. The van der Waals surface area contributed by atoms with Crippen molar-refractivity contribution >= 4 is 35.5 Å². The van der Waals surface area contributed by atoms with E-state index in [0.717, 1.165) is 5.56 Å². The second-order valence-corrected chi connectivity index (χ2v) is 6.30. The Labute approximate surface area is 169 Å². The number of Topliss-reactive ketones (excluding diaryl/α,β-unsaturated/α-hetero) is 2. The molecule has 1 aromatic carbocycles. The van der Waals surface area contributed by atoms with E-state index in [-0.39, 0.29) is 50.6 Å². The second kappa shape index (κ2) is 14.0. The van der Waals surface area contributed by atoms with Gasteiger partial charge < -0.3 is 20.1 Å². The van der Waals surface area contributed by atoms with Crippen molar-refractivity contribution in [3.05, 3.63) is 29.8 Å². The molecule has 0 radical (unpaired) electrons. The molecule has 0 saturated heterocycles. The fourth-order valence-electron chi connectivity index (χ4n) is 2.34. The molecule has 0 aliphatic heterocycles. The molecule has 1 aromatic rings. The lowest BCUT2D eigenvalue weighted by Gasteiger charge is -2.08. The molecule has 9 nitrogen and oxygen atoms in total. The first-order chi connectivity index (χ1) is 13.9. The first-order valence-corrected chi connectivity index (χ1v) is 9.20. The van der Waals surface area contributed by atoms with Gasteiger partial charge in [0.15, 0.2) is 0 Å². The van der Waals surface area contributed by atoms with Crippen LogP contribution in [0.15, 0.2) is 24.3 Å². The number of carbonyl (C=O) groups excluding carboxylic acids is 5. The number of benzene rings is 1. The Morgan fingerprint density at radius 3 is 2.34 bits per heavy atom. The lowest BCUT2D eigenvalue weighted by Crippen LogP contribution is -2.30. The van der Waals surface area contributed by atoms with Gasteiger partial charge in [-0.1, -0.05) is 12.1 Å². The summed E-state index contributed by atoms with van der Waals surface area (Å²) in [6.45, 7) is 2.98. The van der Waals surface area contributed by atoms with Crippen molar-refractivity contribution in [3.63, 3.8) is 0 Å². The van der Waals surface area contributed by atoms with Gasteiger partial charge in [0.25, 0.3) is 6.47 Å². The fourth-order valence-corrected chi connectivity index (χ4v) is 2.34. The van der Waals surface area contributed by atoms with Gasteiger partial charge in [-0.05, 0) is 24.6 Å². The third-order valence-corrected chi connectivity index (χ3v) is 3.59. The highest BCUT2D eigenvalue weighted by Crippen LogP contribution is 2.11. The largest absolute Gasteiger partial charge is 0.468 e. The highest BCUT2D eigenvalue weighted by molar-refractivity contribution is 6.03. The van der Waals surface area contributed by atoms with Crippen molar-refractivity contribution in [3.8, 4) is 0 Å². The third kappa shape index (κ3) is 12.1. The second-order valence-electron chi connectivity index (χ2n) is 6.30. The Morgan fingerprint density at radius 1 is 0.966 bits per heavy atom. The van der Waals surface area contributed by atoms with Gasteiger partial charge in [0, 0.05) is 31.7 Å². The van der Waals surface area contributed by atoms with E-state index in [9.17, 15) is 24.0 Å². The molecule has 2 amide bonds. The van der Waals surface area contributed by atoms with E-state index in [4.69, 9.17) is 4.74 Å². The molecule has 0 aliphatic carbocycles. The van der Waals surface area contributed by atoms with E-state index in [1.165, 1.54) is 6.92 Å². The molecular formula is C20H26N2O7. The number of amides is 2. The number of hydrogen-bond donors (Lipinski definition) is 2. The predicted octanol–water partition coefficient (Wildman–Crippen LogP) is 0.802. The van der Waals surface area contributed by atoms with E-state index in [1.807, 2.05) is 0 Å². The SMILES string of the molecule is CC(=O)CC(=O)Cc1ccc(NC(=O)CC(=O)NCCOCCCOC=O)cc1. The van der Waals surface area contributed by atoms with Crippen molar-refractivity contribution in [2.75, 3.05) is 31.7 Å². The molecular weight excluding hydrogens is 380 g/mol. The first kappa shape index (κ1) is 24.0. The quantitative estimate of drug-likeness (QED) is 0.250. The molecule has 9 heteroatoms. The molecule has 0 spiro atoms. The van der Waals surface area contributed by atoms with Crippen molar-refractivity contribution in [2.45, 2.75) is 32.6 Å². The molecule has 0 aliphatic rings. The summed E-state index contributed by atoms with van der Waals surface area (Å²) in [5, 5.41) is 5.17. The van der Waals surface area contributed by atoms with Crippen molar-refractivity contribution in [1.82, 2.24) is 5.32 Å². The highest BCUT2D eigenvalue weighted by Gasteiger charge is 2.10. The van der Waals surface area contributed by atoms with Gasteiger partial charge in [0.05, 0.1) is 19.6 Å². The lowest BCUT2D eigenvalue weighted by molar-refractivity contribution is -0.129. The van der Waals surface area contributed by atoms with Crippen LogP contribution in [-0.2, 0) is 39.9 Å². The molecule has 0 bridgehead atoms. The Bertz CT molecular complexity index is 701. The molecule has 0 unspecified atom stereocenters. The van der Waals surface area contributed by atoms with Gasteiger partial charge in [0.1, 0.15) is 18.0 Å². The summed E-state index contributed by atoms with van der Waals surface area (Å²) in [6, 6.07) is 6.64. The molecule has 0 fully saturated rings. The zero-order valence-electron chi connectivity index (χ0n) is 16.4. The Hall–Kier alpha value is -3.07. The van der Waals surface area contributed by atoms with Crippen LogP contribution < -0.4 is 10.6 Å². The Morgan fingerprint density at radius 2 is 1.69 bits per heavy atom. The van der Waals surface area contributed by atoms with Crippen molar-refractivity contribution in [1.29, 1.82) is 0 Å². The standard InChI is InChI=1S/C20H26N2O7/c1-15(24)11-18(25)12-16-3-5-17(6-4-16)22-20(27)13-19(26)21-7-10-28-8-2-9-29-14-23/h3-6,14H,2,7-13H2,1H3,(H,21,26)(H,22,27). The number of carbonyl (C=O) groups is 5. The molecule has 2 N–H and O–H groups in total. The molecule has 29 heavy (non-hydrogen) atoms. The third-order valence-electron chi connectivity index (χ3n) is 3.59. The van der Waals surface area contributed by atoms with Gasteiger partial charge in [-0.25, -0.2) is 0 Å². The van der Waals surface area contributed by atoms with Crippen LogP contribution in [0.4, 0.5) is 5.69 Å². The average molecular weight is 406 g/mol. The summed E-state index contributed by atoms with van der Waals surface area (Å²) < 4.78 is 9.74. The minimum atomic E-state index is -0.463. The molecule has 158 valence electrons. The average Bonchev–Trinajstić information content (AvgIpc) is 2.64. The summed E-state index contributed by atoms with van der Waals surface area (Å²) in [6.07, 6.45) is 0.306. The van der Waals surface area contributed by atoms with E-state index in [2.05, 4.69) is 15.4 Å². The minimum Gasteiger partial charge on any atom is -0.468 e. The number of rotatable bonds is 15. The predicted molar refractivity (Wildman–Crippen MR) is 104 cm³/mol. The van der Waals surface area contributed by atoms with Crippen LogP contribution in [0.3, 0.4) is 0 Å². The molecule has 0 atom stereocenters. The van der Waals surface area contributed by atoms with E-state index >= 15 is 0 Å². The fraction of sp³-hybridized carbons (Fsp3) is 0.450. The van der Waals surface area contributed by atoms with Crippen LogP contribution in [0.1, 0.15) is 31.7 Å². The normalized spacial score (nSPS) is 10.1. The topological polar surface area (TPSA) is 128 Å². The zero-order chi connectivity index (χ0) is 21.5. The van der Waals surface area contributed by atoms with Gasteiger partial charge in [-0.3, -0.25) is 24.0 Å². The maximum absolute atomic E-state index is 11.9. The maximum atomic E-state index is 11.9. The van der Waals surface area contributed by atoms with Crippen LogP contribution >= 0.6 is 0 Å². The summed E-state index contributed by atoms with van der Waals surface area (Å²) >= 11 is 0. The summed E-state index contributed by atoms with van der Waals surface area (Å²) in [7, 11) is 0. The maximum Gasteiger partial charge on any atom is 0.293 e. The molecule has 0 aromatic heterocycles. The van der Waals surface area contributed by atoms with E-state index in [0.29, 0.717) is 25.2 Å². The minimum absolute atomic E-state index is 0.0901. The first-order valence-electron chi connectivity index (χ1n) is 9.20. The van der Waals surface area contributed by atoms with Crippen LogP contribution in [0.2, 0.25) is 0 Å². The van der Waals surface area contributed by atoms with E-state index < -0.39 is 11.8 Å². The Balaban J connectivity index is 2.23. The van der Waals surface area contributed by atoms with Crippen molar-refractivity contribution < 1.29 is 33.4 Å². The smallest absolute Gasteiger partial charge is 0.293 e. The van der Waals surface area contributed by atoms with Crippen LogP contribution in [-0.4, -0.2) is 56.2 Å². The molecule has 0 heterocycles. The van der Waals surface area contributed by atoms with E-state index in [1.54, 1.807) is 24.3 Å². The number of nitrogens with one attached hydrogen (secondary N) is 2. The van der Waals surface area contributed by atoms with Crippen LogP contribution in [0.5, 0.6) is 0 Å². The number of ketones is 2. The molecule has 1 rings (SSSR count). The molecule has 0 saturated carbocycles. The summed E-state index contributed by atoms with van der Waals surface area (Å²) in [5.41, 5.74) is 1.25. The number of ether oxygens (including phenoxy) is 2. The van der Waals surface area contributed by atoms with Gasteiger partial charge in [-0.2, -0.15) is 0 Å². The summed E-state index contributed by atoms with van der Waals surface area (Å²) in [4.78, 5) is 56.1. The van der Waals surface area contributed by atoms with Gasteiger partial charge in [-0.15, -0.1) is 0 Å².